The molecule has 0 radical (unpaired) electrons. The summed E-state index contributed by atoms with van der Waals surface area (Å²) >= 11 is 0. The quantitative estimate of drug-likeness (QED) is 0.762. The molecular formula is C21H22N2O3. The molecule has 4 rings (SSSR count). The summed E-state index contributed by atoms with van der Waals surface area (Å²) in [6.07, 6.45) is 1.10. The van der Waals surface area contributed by atoms with Crippen molar-refractivity contribution < 1.29 is 14.6 Å². The van der Waals surface area contributed by atoms with Crippen LogP contribution in [0.2, 0.25) is 0 Å². The Balaban J connectivity index is 1.45. The van der Waals surface area contributed by atoms with Gasteiger partial charge in [-0.15, -0.1) is 0 Å². The summed E-state index contributed by atoms with van der Waals surface area (Å²) in [5.41, 5.74) is 3.72. The van der Waals surface area contributed by atoms with Gasteiger partial charge in [-0.3, -0.25) is 4.79 Å². The van der Waals surface area contributed by atoms with E-state index in [1.54, 1.807) is 31.2 Å². The lowest BCUT2D eigenvalue weighted by molar-refractivity contribution is -0.137. The van der Waals surface area contributed by atoms with Crippen LogP contribution >= 0.6 is 0 Å². The summed E-state index contributed by atoms with van der Waals surface area (Å²) < 4.78 is 5.74. The van der Waals surface area contributed by atoms with E-state index in [1.165, 1.54) is 22.2 Å². The van der Waals surface area contributed by atoms with Gasteiger partial charge in [-0.05, 0) is 49.2 Å². The third-order valence-corrected chi connectivity index (χ3v) is 4.97. The number of aromatic amines is 1. The zero-order valence-electron chi connectivity index (χ0n) is 14.7. The van der Waals surface area contributed by atoms with Crippen molar-refractivity contribution in [3.63, 3.8) is 0 Å². The average Bonchev–Trinajstić information content (AvgIpc) is 2.87. The normalized spacial score (nSPS) is 15.3. The molecule has 0 bridgehead atoms. The van der Waals surface area contributed by atoms with E-state index in [4.69, 9.17) is 4.74 Å². The summed E-state index contributed by atoms with van der Waals surface area (Å²) in [5.74, 6) is 0.749. The van der Waals surface area contributed by atoms with Gasteiger partial charge in [0.05, 0.1) is 0 Å². The molecule has 134 valence electrons. The number of fused-ring (bicyclic) bond motifs is 3. The molecule has 1 unspecified atom stereocenters. The van der Waals surface area contributed by atoms with Crippen molar-refractivity contribution in [3.8, 4) is 11.5 Å². The largest absolute Gasteiger partial charge is 0.508 e. The number of nitrogens with one attached hydrogen (secondary N) is 1. The van der Waals surface area contributed by atoms with Gasteiger partial charge in [0.1, 0.15) is 11.5 Å². The van der Waals surface area contributed by atoms with Gasteiger partial charge in [0, 0.05) is 36.1 Å². The van der Waals surface area contributed by atoms with Crippen LogP contribution in [-0.4, -0.2) is 40.1 Å². The lowest BCUT2D eigenvalue weighted by Gasteiger charge is -2.24. The van der Waals surface area contributed by atoms with Crippen LogP contribution in [0.3, 0.4) is 0 Å². The molecule has 2 aromatic carbocycles. The number of amides is 1. The van der Waals surface area contributed by atoms with Gasteiger partial charge < -0.3 is 19.7 Å². The number of hydrogen-bond acceptors (Lipinski definition) is 3. The van der Waals surface area contributed by atoms with Gasteiger partial charge in [0.15, 0.2) is 6.10 Å². The number of H-pyrrole nitrogens is 1. The molecule has 5 heteroatoms. The Morgan fingerprint density at radius 3 is 2.65 bits per heavy atom. The first-order valence-corrected chi connectivity index (χ1v) is 8.95. The molecule has 1 aliphatic rings. The fourth-order valence-electron chi connectivity index (χ4n) is 3.62. The monoisotopic (exact) mass is 350 g/mol. The molecule has 1 aromatic heterocycles. The van der Waals surface area contributed by atoms with Gasteiger partial charge >= 0.3 is 0 Å². The molecule has 26 heavy (non-hydrogen) atoms. The highest BCUT2D eigenvalue weighted by Crippen LogP contribution is 2.26. The van der Waals surface area contributed by atoms with Gasteiger partial charge in [-0.2, -0.15) is 0 Å². The lowest BCUT2D eigenvalue weighted by atomic mass is 10.1. The minimum absolute atomic E-state index is 0.00691. The van der Waals surface area contributed by atoms with Crippen LogP contribution < -0.4 is 4.74 Å². The summed E-state index contributed by atoms with van der Waals surface area (Å²) in [6.45, 7) is 3.15. The highest BCUT2D eigenvalue weighted by molar-refractivity contribution is 5.85. The maximum absolute atomic E-state index is 12.8. The number of para-hydroxylation sites is 1. The van der Waals surface area contributed by atoms with Crippen molar-refractivity contribution in [1.82, 2.24) is 9.88 Å². The van der Waals surface area contributed by atoms with E-state index in [-0.39, 0.29) is 11.7 Å². The molecule has 0 saturated heterocycles. The second kappa shape index (κ2) is 6.75. The highest BCUT2D eigenvalue weighted by atomic mass is 16.5. The van der Waals surface area contributed by atoms with Gasteiger partial charge in [0.2, 0.25) is 0 Å². The number of benzene rings is 2. The maximum Gasteiger partial charge on any atom is 0.263 e. The first-order valence-electron chi connectivity index (χ1n) is 8.95. The topological polar surface area (TPSA) is 65.6 Å². The fraction of sp³-hybridized carbons (Fsp3) is 0.286. The number of nitrogens with zero attached hydrogens (tertiary/aromatic N) is 1. The maximum atomic E-state index is 12.8. The van der Waals surface area contributed by atoms with E-state index in [0.29, 0.717) is 18.8 Å². The van der Waals surface area contributed by atoms with Crippen LogP contribution in [-0.2, 0) is 17.6 Å². The Labute approximate surface area is 152 Å². The number of aromatic hydroxyl groups is 1. The van der Waals surface area contributed by atoms with E-state index < -0.39 is 6.10 Å². The Hall–Kier alpha value is -2.95. The highest BCUT2D eigenvalue weighted by Gasteiger charge is 2.25. The van der Waals surface area contributed by atoms with Gasteiger partial charge in [-0.1, -0.05) is 18.2 Å². The van der Waals surface area contributed by atoms with Crippen molar-refractivity contribution in [2.75, 3.05) is 13.1 Å². The number of rotatable bonds is 3. The summed E-state index contributed by atoms with van der Waals surface area (Å²) in [5, 5.41) is 10.6. The zero-order valence-corrected chi connectivity index (χ0v) is 14.7. The molecule has 1 amide bonds. The second-order valence-corrected chi connectivity index (χ2v) is 6.71. The first-order chi connectivity index (χ1) is 12.6. The van der Waals surface area contributed by atoms with Crippen LogP contribution in [0.15, 0.2) is 48.5 Å². The van der Waals surface area contributed by atoms with E-state index >= 15 is 0 Å². The lowest BCUT2D eigenvalue weighted by Crippen LogP contribution is -2.41. The van der Waals surface area contributed by atoms with Crippen LogP contribution in [0.5, 0.6) is 11.5 Å². The number of hydrogen-bond donors (Lipinski definition) is 2. The van der Waals surface area contributed by atoms with Crippen molar-refractivity contribution >= 4 is 16.8 Å². The van der Waals surface area contributed by atoms with Crippen LogP contribution in [0, 0.1) is 0 Å². The molecule has 3 aromatic rings. The summed E-state index contributed by atoms with van der Waals surface area (Å²) in [7, 11) is 0. The number of aromatic nitrogens is 1. The third kappa shape index (κ3) is 3.12. The first kappa shape index (κ1) is 16.5. The third-order valence-electron chi connectivity index (χ3n) is 4.97. The summed E-state index contributed by atoms with van der Waals surface area (Å²) in [4.78, 5) is 18.2. The van der Waals surface area contributed by atoms with Crippen LogP contribution in [0.25, 0.3) is 10.9 Å². The standard InChI is InChI=1S/C21H22N2O3/c1-14(26-16-8-6-15(24)7-9-16)21(25)23-12-10-18-17-4-2-3-5-19(17)22-20(18)11-13-23/h2-9,14,22,24H,10-13H2,1H3. The van der Waals surface area contributed by atoms with Gasteiger partial charge in [-0.25, -0.2) is 0 Å². The number of phenolic OH excluding ortho intramolecular Hbond substituents is 1. The van der Waals surface area contributed by atoms with Crippen molar-refractivity contribution in [2.45, 2.75) is 25.9 Å². The Morgan fingerprint density at radius 2 is 1.85 bits per heavy atom. The predicted octanol–water partition coefficient (Wildman–Crippen LogP) is 3.27. The molecule has 0 fully saturated rings. The van der Waals surface area contributed by atoms with Crippen molar-refractivity contribution in [1.29, 1.82) is 0 Å². The van der Waals surface area contributed by atoms with Crippen LogP contribution in [0.4, 0.5) is 0 Å². The molecule has 2 heterocycles. The fourth-order valence-corrected chi connectivity index (χ4v) is 3.62. The number of phenols is 1. The molecule has 1 atom stereocenters. The van der Waals surface area contributed by atoms with Crippen molar-refractivity contribution in [2.24, 2.45) is 0 Å². The Bertz CT molecular complexity index is 930. The number of ether oxygens (including phenoxy) is 1. The molecule has 1 aliphatic heterocycles. The number of carbonyl (C=O) groups is 1. The van der Waals surface area contributed by atoms with Gasteiger partial charge in [0.25, 0.3) is 5.91 Å². The summed E-state index contributed by atoms with van der Waals surface area (Å²) in [6, 6.07) is 14.8. The predicted molar refractivity (Wildman–Crippen MR) is 100 cm³/mol. The molecule has 0 saturated carbocycles. The molecule has 5 nitrogen and oxygen atoms in total. The minimum atomic E-state index is -0.562. The Kier molecular flexibility index (Phi) is 4.29. The van der Waals surface area contributed by atoms with E-state index in [1.807, 2.05) is 11.0 Å². The molecule has 0 spiro atoms. The smallest absolute Gasteiger partial charge is 0.263 e. The molecule has 0 aliphatic carbocycles. The average molecular weight is 350 g/mol. The molecular weight excluding hydrogens is 328 g/mol. The molecule has 2 N–H and O–H groups in total. The second-order valence-electron chi connectivity index (χ2n) is 6.71. The minimum Gasteiger partial charge on any atom is -0.508 e. The Morgan fingerprint density at radius 1 is 1.12 bits per heavy atom. The van der Waals surface area contributed by atoms with Crippen LogP contribution in [0.1, 0.15) is 18.2 Å². The SMILES string of the molecule is CC(Oc1ccc(O)cc1)C(=O)N1CCc2[nH]c3ccccc3c2CC1. The van der Waals surface area contributed by atoms with E-state index in [2.05, 4.69) is 23.2 Å². The van der Waals surface area contributed by atoms with E-state index in [9.17, 15) is 9.90 Å². The van der Waals surface area contributed by atoms with E-state index in [0.717, 1.165) is 12.8 Å². The zero-order chi connectivity index (χ0) is 18.1. The van der Waals surface area contributed by atoms with Crippen molar-refractivity contribution in [3.05, 3.63) is 59.8 Å². The number of carbonyl (C=O) groups excluding carboxylic acids is 1.